The maximum absolute atomic E-state index is 13.5. The number of hydrogen-bond acceptors (Lipinski definition) is 4. The van der Waals surface area contributed by atoms with Crippen LogP contribution in [0.25, 0.3) is 0 Å². The fraction of sp³-hybridized carbons (Fsp3) is 0.111. The van der Waals surface area contributed by atoms with Gasteiger partial charge in [-0.2, -0.15) is 4.39 Å². The van der Waals surface area contributed by atoms with Crippen LogP contribution < -0.4 is 0 Å². The van der Waals surface area contributed by atoms with Crippen molar-refractivity contribution in [3.8, 4) is 0 Å². The van der Waals surface area contributed by atoms with Crippen molar-refractivity contribution in [1.82, 2.24) is 0 Å². The van der Waals surface area contributed by atoms with E-state index < -0.39 is 33.7 Å². The largest absolute Gasteiger partial charge is 0.305 e. The molecule has 0 heterocycles. The van der Waals surface area contributed by atoms with Crippen LogP contribution in [0.15, 0.2) is 12.1 Å². The van der Waals surface area contributed by atoms with E-state index in [4.69, 9.17) is 11.6 Å². The zero-order valence-electron chi connectivity index (χ0n) is 7.78. The molecule has 0 bridgehead atoms. The Morgan fingerprint density at radius 2 is 2.19 bits per heavy atom. The van der Waals surface area contributed by atoms with Crippen LogP contribution in [0, 0.1) is 15.9 Å². The van der Waals surface area contributed by atoms with E-state index in [2.05, 4.69) is 0 Å². The molecule has 0 saturated heterocycles. The number of benzene rings is 1. The lowest BCUT2D eigenvalue weighted by Gasteiger charge is -2.03. The van der Waals surface area contributed by atoms with E-state index in [1.54, 1.807) is 0 Å². The van der Waals surface area contributed by atoms with Gasteiger partial charge in [-0.15, -0.1) is 11.6 Å². The Bertz CT molecular complexity index is 475. The van der Waals surface area contributed by atoms with Crippen LogP contribution in [0.2, 0.25) is 0 Å². The Kier molecular flexibility index (Phi) is 3.68. The second-order valence-corrected chi connectivity index (χ2v) is 3.06. The molecule has 16 heavy (non-hydrogen) atoms. The Hall–Kier alpha value is -1.82. The number of nitro benzene ring substituents is 1. The molecule has 84 valence electrons. The van der Waals surface area contributed by atoms with Crippen molar-refractivity contribution >= 4 is 29.4 Å². The van der Waals surface area contributed by atoms with Crippen molar-refractivity contribution in [2.75, 3.05) is 5.88 Å². The van der Waals surface area contributed by atoms with Gasteiger partial charge in [-0.05, 0) is 6.07 Å². The zero-order chi connectivity index (χ0) is 12.3. The van der Waals surface area contributed by atoms with Crippen LogP contribution in [0.4, 0.5) is 10.1 Å². The second-order valence-electron chi connectivity index (χ2n) is 2.79. The van der Waals surface area contributed by atoms with Gasteiger partial charge < -0.3 is 0 Å². The van der Waals surface area contributed by atoms with Gasteiger partial charge in [0.1, 0.15) is 0 Å². The highest BCUT2D eigenvalue weighted by Gasteiger charge is 2.24. The van der Waals surface area contributed by atoms with Crippen molar-refractivity contribution in [2.24, 2.45) is 0 Å². The third-order valence-electron chi connectivity index (χ3n) is 1.88. The van der Waals surface area contributed by atoms with E-state index >= 15 is 0 Å². The number of carbonyl (C=O) groups excluding carboxylic acids is 2. The molecule has 0 saturated carbocycles. The van der Waals surface area contributed by atoms with Gasteiger partial charge in [0.05, 0.1) is 16.4 Å². The van der Waals surface area contributed by atoms with Gasteiger partial charge in [-0.3, -0.25) is 19.7 Å². The van der Waals surface area contributed by atoms with Crippen LogP contribution >= 0.6 is 11.6 Å². The number of Topliss-reactive ketones (excluding diaryl/α,β-unsaturated/α-hetero) is 1. The van der Waals surface area contributed by atoms with Crippen LogP contribution in [-0.4, -0.2) is 22.9 Å². The summed E-state index contributed by atoms with van der Waals surface area (Å²) in [5, 5.41) is 10.4. The number of nitro groups is 1. The maximum Gasteiger partial charge on any atom is 0.305 e. The maximum atomic E-state index is 13.5. The summed E-state index contributed by atoms with van der Waals surface area (Å²) >= 11 is 5.22. The SMILES string of the molecule is O=Cc1ccc([N+](=O)[O-])c(F)c1C(=O)CCl. The Labute approximate surface area is 94.0 Å². The molecule has 0 spiro atoms. The first-order valence-corrected chi connectivity index (χ1v) is 4.57. The molecule has 0 radical (unpaired) electrons. The first-order valence-electron chi connectivity index (χ1n) is 4.04. The number of alkyl halides is 1. The third-order valence-corrected chi connectivity index (χ3v) is 2.12. The summed E-state index contributed by atoms with van der Waals surface area (Å²) in [6.45, 7) is 0. The molecule has 7 heteroatoms. The lowest BCUT2D eigenvalue weighted by molar-refractivity contribution is -0.387. The highest BCUT2D eigenvalue weighted by molar-refractivity contribution is 6.31. The molecule has 1 aromatic carbocycles. The average Bonchev–Trinajstić information content (AvgIpc) is 2.26. The van der Waals surface area contributed by atoms with E-state index in [-0.39, 0.29) is 11.8 Å². The summed E-state index contributed by atoms with van der Waals surface area (Å²) in [5.41, 5.74) is -1.76. The van der Waals surface area contributed by atoms with Crippen molar-refractivity contribution in [3.63, 3.8) is 0 Å². The topological polar surface area (TPSA) is 77.3 Å². The van der Waals surface area contributed by atoms with Gasteiger partial charge in [0.25, 0.3) is 0 Å². The Morgan fingerprint density at radius 1 is 1.56 bits per heavy atom. The number of rotatable bonds is 4. The van der Waals surface area contributed by atoms with Crippen molar-refractivity contribution in [2.45, 2.75) is 0 Å². The molecule has 0 aliphatic heterocycles. The first kappa shape index (κ1) is 12.3. The van der Waals surface area contributed by atoms with Gasteiger partial charge >= 0.3 is 5.69 Å². The quantitative estimate of drug-likeness (QED) is 0.267. The van der Waals surface area contributed by atoms with E-state index in [9.17, 15) is 24.1 Å². The minimum absolute atomic E-state index is 0.243. The molecule has 0 amide bonds. The lowest BCUT2D eigenvalue weighted by atomic mass is 10.0. The molecule has 0 aliphatic rings. The smallest absolute Gasteiger partial charge is 0.298 e. The van der Waals surface area contributed by atoms with Gasteiger partial charge in [0.15, 0.2) is 12.1 Å². The number of aldehydes is 1. The van der Waals surface area contributed by atoms with E-state index in [1.165, 1.54) is 0 Å². The predicted molar refractivity (Wildman–Crippen MR) is 53.5 cm³/mol. The second kappa shape index (κ2) is 4.80. The standard InChI is InChI=1S/C9H5ClFNO4/c10-3-7(14)8-5(4-13)1-2-6(9(8)11)12(15)16/h1-2,4H,3H2. The third kappa shape index (κ3) is 2.06. The molecule has 1 rings (SSSR count). The fourth-order valence-electron chi connectivity index (χ4n) is 1.17. The summed E-state index contributed by atoms with van der Waals surface area (Å²) < 4.78 is 13.5. The first-order chi connectivity index (χ1) is 7.52. The van der Waals surface area contributed by atoms with Gasteiger partial charge in [-0.1, -0.05) is 0 Å². The van der Waals surface area contributed by atoms with Crippen LogP contribution in [0.3, 0.4) is 0 Å². The highest BCUT2D eigenvalue weighted by atomic mass is 35.5. The summed E-state index contributed by atoms with van der Waals surface area (Å²) in [5.74, 6) is -2.76. The van der Waals surface area contributed by atoms with Crippen molar-refractivity contribution in [3.05, 3.63) is 39.2 Å². The fourth-order valence-corrected chi connectivity index (χ4v) is 1.30. The highest BCUT2D eigenvalue weighted by Crippen LogP contribution is 2.23. The Morgan fingerprint density at radius 3 is 2.62 bits per heavy atom. The summed E-state index contributed by atoms with van der Waals surface area (Å²) in [6, 6.07) is 1.83. The number of nitrogens with zero attached hydrogens (tertiary/aromatic N) is 1. The normalized spacial score (nSPS) is 9.88. The molecular formula is C9H5ClFNO4. The van der Waals surface area contributed by atoms with Crippen molar-refractivity contribution in [1.29, 1.82) is 0 Å². The van der Waals surface area contributed by atoms with E-state index in [1.807, 2.05) is 0 Å². The molecular weight excluding hydrogens is 241 g/mol. The predicted octanol–water partition coefficient (Wildman–Crippen LogP) is 1.97. The minimum Gasteiger partial charge on any atom is -0.298 e. The van der Waals surface area contributed by atoms with E-state index in [0.29, 0.717) is 0 Å². The number of carbonyl (C=O) groups is 2. The number of hydrogen-bond donors (Lipinski definition) is 0. The molecule has 0 unspecified atom stereocenters. The molecule has 5 nitrogen and oxygen atoms in total. The minimum atomic E-state index is -1.33. The molecule has 0 fully saturated rings. The molecule has 0 aromatic heterocycles. The monoisotopic (exact) mass is 245 g/mol. The number of ketones is 1. The summed E-state index contributed by atoms with van der Waals surface area (Å²) in [6.07, 6.45) is 0.243. The average molecular weight is 246 g/mol. The summed E-state index contributed by atoms with van der Waals surface area (Å²) in [4.78, 5) is 31.2. The lowest BCUT2D eigenvalue weighted by Crippen LogP contribution is -2.10. The molecule has 0 aliphatic carbocycles. The van der Waals surface area contributed by atoms with Crippen molar-refractivity contribution < 1.29 is 18.9 Å². The van der Waals surface area contributed by atoms with Gasteiger partial charge in [0, 0.05) is 11.6 Å². The summed E-state index contributed by atoms with van der Waals surface area (Å²) in [7, 11) is 0. The van der Waals surface area contributed by atoms with Crippen LogP contribution in [0.1, 0.15) is 20.7 Å². The van der Waals surface area contributed by atoms with E-state index in [0.717, 1.165) is 12.1 Å². The Balaban J connectivity index is 3.52. The molecule has 1 aromatic rings. The van der Waals surface area contributed by atoms with Gasteiger partial charge in [0.2, 0.25) is 5.82 Å². The zero-order valence-corrected chi connectivity index (χ0v) is 8.53. The van der Waals surface area contributed by atoms with Crippen LogP contribution in [-0.2, 0) is 0 Å². The van der Waals surface area contributed by atoms with Gasteiger partial charge in [-0.25, -0.2) is 0 Å². The molecule has 0 N–H and O–H groups in total. The number of halogens is 2. The van der Waals surface area contributed by atoms with Crippen LogP contribution in [0.5, 0.6) is 0 Å². The molecule has 0 atom stereocenters.